The second kappa shape index (κ2) is 8.17. The van der Waals surface area contributed by atoms with E-state index in [1.165, 1.54) is 0 Å². The van der Waals surface area contributed by atoms with Gasteiger partial charge in [-0.1, -0.05) is 23.7 Å². The van der Waals surface area contributed by atoms with Gasteiger partial charge in [-0.25, -0.2) is 0 Å². The number of amides is 1. The van der Waals surface area contributed by atoms with Crippen LogP contribution in [0, 0.1) is 13.8 Å². The fraction of sp³-hybridized carbons (Fsp3) is 0.300. The average molecular weight is 359 g/mol. The molecule has 1 amide bonds. The van der Waals surface area contributed by atoms with Crippen LogP contribution in [-0.2, 0) is 4.79 Å². The number of halogens is 1. The number of benzene rings is 2. The van der Waals surface area contributed by atoms with E-state index in [1.54, 1.807) is 12.1 Å². The van der Waals surface area contributed by atoms with Crippen LogP contribution in [0.5, 0.6) is 0 Å². The number of aryl methyl sites for hydroxylation is 2. The van der Waals surface area contributed by atoms with Crippen molar-refractivity contribution >= 4 is 34.7 Å². The number of nitrogens with zero attached hydrogens (tertiary/aromatic N) is 1. The fourth-order valence-electron chi connectivity index (χ4n) is 2.50. The Bertz CT molecular complexity index is 800. The van der Waals surface area contributed by atoms with Gasteiger partial charge in [0.25, 0.3) is 0 Å². The first-order valence-corrected chi connectivity index (χ1v) is 8.53. The quantitative estimate of drug-likeness (QED) is 0.766. The second-order valence-electron chi connectivity index (χ2n) is 6.33. The molecule has 0 bridgehead atoms. The van der Waals surface area contributed by atoms with Gasteiger partial charge in [-0.3, -0.25) is 9.59 Å². The van der Waals surface area contributed by atoms with E-state index in [4.69, 9.17) is 11.6 Å². The number of carbonyl (C=O) groups excluding carboxylic acids is 2. The molecule has 0 aliphatic rings. The molecule has 0 fully saturated rings. The SMILES string of the molecule is Cc1ccc(C(=O)CCC(=O)Nc2cc(Cl)ccc2N(C)C)cc1C. The number of carbonyl (C=O) groups is 2. The van der Waals surface area contributed by atoms with Crippen molar-refractivity contribution < 1.29 is 9.59 Å². The van der Waals surface area contributed by atoms with E-state index in [0.29, 0.717) is 16.3 Å². The molecular weight excluding hydrogens is 336 g/mol. The first-order valence-electron chi connectivity index (χ1n) is 8.15. The van der Waals surface area contributed by atoms with Crippen molar-refractivity contribution in [1.29, 1.82) is 0 Å². The van der Waals surface area contributed by atoms with Crippen LogP contribution >= 0.6 is 11.6 Å². The number of anilines is 2. The highest BCUT2D eigenvalue weighted by Crippen LogP contribution is 2.28. The summed E-state index contributed by atoms with van der Waals surface area (Å²) >= 11 is 6.02. The van der Waals surface area contributed by atoms with Crippen LogP contribution in [0.2, 0.25) is 5.02 Å². The van der Waals surface area contributed by atoms with Crippen LogP contribution in [0.4, 0.5) is 11.4 Å². The number of hydrogen-bond donors (Lipinski definition) is 1. The zero-order chi connectivity index (χ0) is 18.6. The normalized spacial score (nSPS) is 10.4. The predicted octanol–water partition coefficient (Wildman–Crippen LogP) is 4.62. The minimum atomic E-state index is -0.206. The van der Waals surface area contributed by atoms with Crippen LogP contribution in [-0.4, -0.2) is 25.8 Å². The van der Waals surface area contributed by atoms with Crippen molar-refractivity contribution in [2.45, 2.75) is 26.7 Å². The number of ketones is 1. The van der Waals surface area contributed by atoms with Gasteiger partial charge in [0.1, 0.15) is 0 Å². The van der Waals surface area contributed by atoms with Crippen LogP contribution in [0.3, 0.4) is 0 Å². The lowest BCUT2D eigenvalue weighted by Gasteiger charge is -2.18. The molecule has 0 aliphatic heterocycles. The summed E-state index contributed by atoms with van der Waals surface area (Å²) in [5.74, 6) is -0.236. The molecule has 0 saturated heterocycles. The van der Waals surface area contributed by atoms with Gasteiger partial charge in [0.2, 0.25) is 5.91 Å². The van der Waals surface area contributed by atoms with Gasteiger partial charge in [-0.05, 0) is 49.2 Å². The maximum atomic E-state index is 12.3. The molecule has 0 radical (unpaired) electrons. The minimum absolute atomic E-state index is 0.0304. The van der Waals surface area contributed by atoms with Crippen LogP contribution < -0.4 is 10.2 Å². The molecule has 25 heavy (non-hydrogen) atoms. The van der Waals surface area contributed by atoms with Crippen LogP contribution in [0.25, 0.3) is 0 Å². The summed E-state index contributed by atoms with van der Waals surface area (Å²) in [7, 11) is 3.78. The molecule has 0 spiro atoms. The number of nitrogens with one attached hydrogen (secondary N) is 1. The molecule has 2 aromatic rings. The average Bonchev–Trinajstić information content (AvgIpc) is 2.55. The molecule has 0 unspecified atom stereocenters. The Kier molecular flexibility index (Phi) is 6.21. The number of rotatable bonds is 6. The van der Waals surface area contributed by atoms with Gasteiger partial charge in [0.05, 0.1) is 11.4 Å². The van der Waals surface area contributed by atoms with Crippen LogP contribution in [0.15, 0.2) is 36.4 Å². The van der Waals surface area contributed by atoms with E-state index in [1.807, 2.05) is 57.1 Å². The maximum absolute atomic E-state index is 12.3. The highest BCUT2D eigenvalue weighted by atomic mass is 35.5. The summed E-state index contributed by atoms with van der Waals surface area (Å²) in [4.78, 5) is 26.4. The summed E-state index contributed by atoms with van der Waals surface area (Å²) in [6.07, 6.45) is 0.303. The van der Waals surface area contributed by atoms with Gasteiger partial charge in [-0.2, -0.15) is 0 Å². The lowest BCUT2D eigenvalue weighted by molar-refractivity contribution is -0.116. The molecule has 0 saturated carbocycles. The summed E-state index contributed by atoms with van der Waals surface area (Å²) in [6, 6.07) is 10.9. The van der Waals surface area contributed by atoms with Gasteiger partial charge >= 0.3 is 0 Å². The van der Waals surface area contributed by atoms with Gasteiger partial charge in [-0.15, -0.1) is 0 Å². The van der Waals surface area contributed by atoms with Crippen molar-refractivity contribution in [2.24, 2.45) is 0 Å². The largest absolute Gasteiger partial charge is 0.376 e. The van der Waals surface area contributed by atoms with Gasteiger partial charge in [0, 0.05) is 37.5 Å². The molecule has 1 N–H and O–H groups in total. The Morgan fingerprint density at radius 3 is 2.36 bits per heavy atom. The van der Waals surface area contributed by atoms with E-state index in [0.717, 1.165) is 16.8 Å². The molecule has 0 heterocycles. The van der Waals surface area contributed by atoms with E-state index in [9.17, 15) is 9.59 Å². The minimum Gasteiger partial charge on any atom is -0.376 e. The summed E-state index contributed by atoms with van der Waals surface area (Å²) in [6.45, 7) is 3.98. The standard InChI is InChI=1S/C20H23ClN2O2/c1-13-5-6-15(11-14(13)2)19(24)9-10-20(25)22-17-12-16(21)7-8-18(17)23(3)4/h5-8,11-12H,9-10H2,1-4H3,(H,22,25). The lowest BCUT2D eigenvalue weighted by Crippen LogP contribution is -2.17. The fourth-order valence-corrected chi connectivity index (χ4v) is 2.67. The van der Waals surface area contributed by atoms with E-state index >= 15 is 0 Å². The van der Waals surface area contributed by atoms with E-state index in [-0.39, 0.29) is 24.5 Å². The molecular formula is C20H23ClN2O2. The Morgan fingerprint density at radius 2 is 1.72 bits per heavy atom. The van der Waals surface area contributed by atoms with Crippen molar-refractivity contribution in [3.05, 3.63) is 58.1 Å². The first kappa shape index (κ1) is 19.0. The van der Waals surface area contributed by atoms with E-state index in [2.05, 4.69) is 5.32 Å². The Labute approximate surface area is 153 Å². The summed E-state index contributed by atoms with van der Waals surface area (Å²) in [5, 5.41) is 3.39. The third-order valence-electron chi connectivity index (χ3n) is 4.12. The third-order valence-corrected chi connectivity index (χ3v) is 4.36. The lowest BCUT2D eigenvalue weighted by atomic mass is 10.0. The first-order chi connectivity index (χ1) is 11.8. The zero-order valence-electron chi connectivity index (χ0n) is 15.0. The summed E-state index contributed by atoms with van der Waals surface area (Å²) in [5.41, 5.74) is 4.36. The molecule has 0 aliphatic carbocycles. The third kappa shape index (κ3) is 5.07. The Hall–Kier alpha value is -2.33. The maximum Gasteiger partial charge on any atom is 0.224 e. The monoisotopic (exact) mass is 358 g/mol. The number of Topliss-reactive ketones (excluding diaryl/α,β-unsaturated/α-hetero) is 1. The highest BCUT2D eigenvalue weighted by molar-refractivity contribution is 6.31. The van der Waals surface area contributed by atoms with Crippen molar-refractivity contribution in [3.8, 4) is 0 Å². The molecule has 0 aromatic heterocycles. The Morgan fingerprint density at radius 1 is 1.00 bits per heavy atom. The molecule has 4 nitrogen and oxygen atoms in total. The van der Waals surface area contributed by atoms with Gasteiger partial charge in [0.15, 0.2) is 5.78 Å². The van der Waals surface area contributed by atoms with Crippen molar-refractivity contribution in [1.82, 2.24) is 0 Å². The topological polar surface area (TPSA) is 49.4 Å². The van der Waals surface area contributed by atoms with Crippen molar-refractivity contribution in [3.63, 3.8) is 0 Å². The molecule has 2 aromatic carbocycles. The summed E-state index contributed by atoms with van der Waals surface area (Å²) < 4.78 is 0. The van der Waals surface area contributed by atoms with E-state index < -0.39 is 0 Å². The van der Waals surface area contributed by atoms with Gasteiger partial charge < -0.3 is 10.2 Å². The molecule has 5 heteroatoms. The smallest absolute Gasteiger partial charge is 0.224 e. The molecule has 0 atom stereocenters. The zero-order valence-corrected chi connectivity index (χ0v) is 15.8. The Balaban J connectivity index is 2.00. The highest BCUT2D eigenvalue weighted by Gasteiger charge is 2.13. The predicted molar refractivity (Wildman–Crippen MR) is 104 cm³/mol. The number of hydrogen-bond acceptors (Lipinski definition) is 3. The van der Waals surface area contributed by atoms with Crippen molar-refractivity contribution in [2.75, 3.05) is 24.3 Å². The molecule has 132 valence electrons. The second-order valence-corrected chi connectivity index (χ2v) is 6.76. The van der Waals surface area contributed by atoms with Crippen LogP contribution in [0.1, 0.15) is 34.3 Å². The molecule has 2 rings (SSSR count).